The summed E-state index contributed by atoms with van der Waals surface area (Å²) in [5.41, 5.74) is 2.15. The predicted octanol–water partition coefficient (Wildman–Crippen LogP) is 3.07. The van der Waals surface area contributed by atoms with Crippen LogP contribution < -0.4 is 4.74 Å². The quantitative estimate of drug-likeness (QED) is 0.829. The summed E-state index contributed by atoms with van der Waals surface area (Å²) in [4.78, 5) is 0. The second kappa shape index (κ2) is 8.07. The molecule has 2 nitrogen and oxygen atoms in total. The average molecular weight is 264 g/mol. The molecule has 1 aromatic carbocycles. The first-order valence-electron chi connectivity index (χ1n) is 6.05. The molecule has 0 amide bonds. The van der Waals surface area contributed by atoms with Gasteiger partial charge in [-0.1, -0.05) is 25.7 Å². The van der Waals surface area contributed by atoms with Crippen molar-refractivity contribution in [3.05, 3.63) is 29.3 Å². The van der Waals surface area contributed by atoms with Gasteiger partial charge in [-0.3, -0.25) is 0 Å². The summed E-state index contributed by atoms with van der Waals surface area (Å²) >= 11 is 1.88. The maximum absolute atomic E-state index is 8.70. The van der Waals surface area contributed by atoms with Gasteiger partial charge in [0, 0.05) is 23.3 Å². The van der Waals surface area contributed by atoms with Gasteiger partial charge in [-0.2, -0.15) is 11.8 Å². The van der Waals surface area contributed by atoms with Crippen LogP contribution in [0.1, 0.15) is 31.4 Å². The maximum Gasteiger partial charge on any atom is 0.122 e. The van der Waals surface area contributed by atoms with E-state index in [1.807, 2.05) is 23.9 Å². The van der Waals surface area contributed by atoms with Crippen molar-refractivity contribution in [1.29, 1.82) is 0 Å². The third-order valence-electron chi connectivity index (χ3n) is 2.32. The van der Waals surface area contributed by atoms with E-state index in [4.69, 9.17) is 9.84 Å². The zero-order valence-corrected chi connectivity index (χ0v) is 12.0. The average Bonchev–Trinajstić information content (AvgIpc) is 2.37. The molecule has 18 heavy (non-hydrogen) atoms. The molecule has 1 N–H and O–H groups in total. The van der Waals surface area contributed by atoms with Crippen molar-refractivity contribution in [2.24, 2.45) is 0 Å². The molecule has 0 saturated carbocycles. The smallest absolute Gasteiger partial charge is 0.122 e. The fraction of sp³-hybridized carbons (Fsp3) is 0.467. The van der Waals surface area contributed by atoms with E-state index in [2.05, 4.69) is 31.8 Å². The molecule has 0 unspecified atom stereocenters. The molecule has 0 aromatic heterocycles. The molecule has 98 valence electrons. The Labute approximate surface area is 114 Å². The Bertz CT molecular complexity index is 430. The van der Waals surface area contributed by atoms with Crippen LogP contribution in [0.5, 0.6) is 5.75 Å². The summed E-state index contributed by atoms with van der Waals surface area (Å²) in [6.45, 7) is 4.48. The minimum absolute atomic E-state index is 0.110. The molecule has 0 bridgehead atoms. The van der Waals surface area contributed by atoms with Crippen LogP contribution in [0, 0.1) is 11.8 Å². The van der Waals surface area contributed by atoms with E-state index in [0.29, 0.717) is 11.7 Å². The highest BCUT2D eigenvalue weighted by atomic mass is 32.2. The first kappa shape index (κ1) is 14.9. The molecule has 3 heteroatoms. The van der Waals surface area contributed by atoms with Gasteiger partial charge in [0.05, 0.1) is 13.7 Å². The normalized spacial score (nSPS) is 10.1. The van der Waals surface area contributed by atoms with Crippen LogP contribution in [0.25, 0.3) is 0 Å². The highest BCUT2D eigenvalue weighted by molar-refractivity contribution is 7.99. The number of hydrogen-bond acceptors (Lipinski definition) is 3. The second-order valence-electron chi connectivity index (χ2n) is 4.16. The maximum atomic E-state index is 8.70. The van der Waals surface area contributed by atoms with Crippen LogP contribution in [0.3, 0.4) is 0 Å². The van der Waals surface area contributed by atoms with Gasteiger partial charge in [0.1, 0.15) is 5.75 Å². The summed E-state index contributed by atoms with van der Waals surface area (Å²) in [7, 11) is 1.69. The third kappa shape index (κ3) is 5.03. The van der Waals surface area contributed by atoms with E-state index in [0.717, 1.165) is 17.1 Å². The molecule has 1 aromatic rings. The molecular weight excluding hydrogens is 244 g/mol. The van der Waals surface area contributed by atoms with Gasteiger partial charge in [-0.15, -0.1) is 0 Å². The van der Waals surface area contributed by atoms with Gasteiger partial charge >= 0.3 is 0 Å². The Hall–Kier alpha value is -1.11. The van der Waals surface area contributed by atoms with Crippen molar-refractivity contribution in [3.8, 4) is 17.6 Å². The van der Waals surface area contributed by atoms with Crippen molar-refractivity contribution >= 4 is 11.8 Å². The van der Waals surface area contributed by atoms with Gasteiger partial charge in [0.25, 0.3) is 0 Å². The monoisotopic (exact) mass is 264 g/mol. The Morgan fingerprint density at radius 3 is 2.78 bits per heavy atom. The second-order valence-corrected chi connectivity index (χ2v) is 5.73. The summed E-state index contributed by atoms with van der Waals surface area (Å²) in [6, 6.07) is 5.98. The standard InChI is InChI=1S/C15H20O2S/c1-12(2)18-11-14-10-13(6-4-5-9-16)7-8-15(14)17-3/h7-8,10,12,16H,5,9,11H2,1-3H3. The van der Waals surface area contributed by atoms with Gasteiger partial charge < -0.3 is 9.84 Å². The van der Waals surface area contributed by atoms with Crippen molar-refractivity contribution in [2.45, 2.75) is 31.3 Å². The number of ether oxygens (including phenoxy) is 1. The fourth-order valence-corrected chi connectivity index (χ4v) is 2.18. The predicted molar refractivity (Wildman–Crippen MR) is 78.0 cm³/mol. The van der Waals surface area contributed by atoms with E-state index in [9.17, 15) is 0 Å². The van der Waals surface area contributed by atoms with Crippen molar-refractivity contribution in [2.75, 3.05) is 13.7 Å². The van der Waals surface area contributed by atoms with Gasteiger partial charge in [-0.25, -0.2) is 0 Å². The molecule has 0 atom stereocenters. The van der Waals surface area contributed by atoms with Crippen molar-refractivity contribution < 1.29 is 9.84 Å². The number of hydrogen-bond donors (Lipinski definition) is 1. The number of benzene rings is 1. The lowest BCUT2D eigenvalue weighted by Gasteiger charge is -2.10. The van der Waals surface area contributed by atoms with E-state index >= 15 is 0 Å². The largest absolute Gasteiger partial charge is 0.496 e. The van der Waals surface area contributed by atoms with Crippen molar-refractivity contribution in [1.82, 2.24) is 0 Å². The number of aliphatic hydroxyl groups excluding tert-OH is 1. The van der Waals surface area contributed by atoms with Crippen LogP contribution in [0.2, 0.25) is 0 Å². The van der Waals surface area contributed by atoms with Gasteiger partial charge in [0.15, 0.2) is 0 Å². The van der Waals surface area contributed by atoms with E-state index in [-0.39, 0.29) is 6.61 Å². The molecule has 0 saturated heterocycles. The minimum atomic E-state index is 0.110. The van der Waals surface area contributed by atoms with Crippen molar-refractivity contribution in [3.63, 3.8) is 0 Å². The highest BCUT2D eigenvalue weighted by Crippen LogP contribution is 2.26. The van der Waals surface area contributed by atoms with Crippen LogP contribution in [0.15, 0.2) is 18.2 Å². The number of rotatable bonds is 5. The zero-order valence-electron chi connectivity index (χ0n) is 11.2. The van der Waals surface area contributed by atoms with Gasteiger partial charge in [0.2, 0.25) is 0 Å². The lowest BCUT2D eigenvalue weighted by molar-refractivity contribution is 0.305. The Kier molecular flexibility index (Phi) is 6.70. The van der Waals surface area contributed by atoms with E-state index in [1.54, 1.807) is 7.11 Å². The molecule has 1 rings (SSSR count). The topological polar surface area (TPSA) is 29.5 Å². The molecule has 0 fully saturated rings. The fourth-order valence-electron chi connectivity index (χ4n) is 1.45. The van der Waals surface area contributed by atoms with Crippen LogP contribution >= 0.6 is 11.8 Å². The number of aliphatic hydroxyl groups is 1. The number of thioether (sulfide) groups is 1. The summed E-state index contributed by atoms with van der Waals surface area (Å²) in [5, 5.41) is 9.30. The Morgan fingerprint density at radius 1 is 1.39 bits per heavy atom. The minimum Gasteiger partial charge on any atom is -0.496 e. The summed E-state index contributed by atoms with van der Waals surface area (Å²) < 4.78 is 5.36. The lowest BCUT2D eigenvalue weighted by atomic mass is 10.1. The van der Waals surface area contributed by atoms with E-state index < -0.39 is 0 Å². The zero-order chi connectivity index (χ0) is 13.4. The summed E-state index contributed by atoms with van der Waals surface area (Å²) in [5.74, 6) is 7.82. The Morgan fingerprint density at radius 2 is 2.17 bits per heavy atom. The molecule has 0 aliphatic rings. The highest BCUT2D eigenvalue weighted by Gasteiger charge is 2.05. The number of methoxy groups -OCH3 is 1. The first-order valence-corrected chi connectivity index (χ1v) is 7.10. The SMILES string of the molecule is COc1ccc(C#CCCO)cc1CSC(C)C. The van der Waals surface area contributed by atoms with E-state index in [1.165, 1.54) is 5.56 Å². The molecule has 0 aliphatic carbocycles. The van der Waals surface area contributed by atoms with Crippen LogP contribution in [0.4, 0.5) is 0 Å². The molecule has 0 aliphatic heterocycles. The molecule has 0 spiro atoms. The van der Waals surface area contributed by atoms with Gasteiger partial charge in [-0.05, 0) is 23.4 Å². The molecule has 0 heterocycles. The Balaban J connectivity index is 2.85. The molecule has 0 radical (unpaired) electrons. The lowest BCUT2D eigenvalue weighted by Crippen LogP contribution is -1.94. The first-order chi connectivity index (χ1) is 8.67. The third-order valence-corrected chi connectivity index (χ3v) is 3.47. The van der Waals surface area contributed by atoms with Crippen LogP contribution in [-0.4, -0.2) is 24.1 Å². The summed E-state index contributed by atoms with van der Waals surface area (Å²) in [6.07, 6.45) is 0.516. The molecular formula is C15H20O2S. The van der Waals surface area contributed by atoms with Crippen LogP contribution in [-0.2, 0) is 5.75 Å².